The van der Waals surface area contributed by atoms with Gasteiger partial charge in [-0.2, -0.15) is 0 Å². The predicted octanol–water partition coefficient (Wildman–Crippen LogP) is 6.41. The van der Waals surface area contributed by atoms with Crippen LogP contribution in [0.1, 0.15) is 26.3 Å². The molecule has 0 fully saturated rings. The van der Waals surface area contributed by atoms with E-state index >= 15 is 0 Å². The van der Waals surface area contributed by atoms with Crippen molar-refractivity contribution >= 4 is 22.5 Å². The summed E-state index contributed by atoms with van der Waals surface area (Å²) < 4.78 is 13.0. The lowest BCUT2D eigenvalue weighted by molar-refractivity contribution is -0.120. The number of amides is 1. The Morgan fingerprint density at radius 2 is 1.54 bits per heavy atom. The molecule has 3 aromatic carbocycles. The van der Waals surface area contributed by atoms with E-state index in [2.05, 4.69) is 43.1 Å². The van der Waals surface area contributed by atoms with Gasteiger partial charge in [-0.15, -0.1) is 10.2 Å². The number of hydrogen-bond acceptors (Lipinski definition) is 5. The maximum Gasteiger partial charge on any atom is 0.302 e. The molecule has 0 saturated heterocycles. The van der Waals surface area contributed by atoms with Crippen molar-refractivity contribution in [2.45, 2.75) is 32.7 Å². The quantitative estimate of drug-likeness (QED) is 0.301. The Bertz CT molecular complexity index is 1320. The van der Waals surface area contributed by atoms with Crippen molar-refractivity contribution in [3.8, 4) is 17.4 Å². The summed E-state index contributed by atoms with van der Waals surface area (Å²) in [5, 5.41) is 19.4. The minimum atomic E-state index is -0.549. The Morgan fingerprint density at radius 1 is 0.886 bits per heavy atom. The lowest BCUT2D eigenvalue weighted by Gasteiger charge is -2.19. The van der Waals surface area contributed by atoms with E-state index in [0.717, 1.165) is 11.3 Å². The number of azo groups is 1. The molecule has 1 aromatic heterocycles. The average molecular weight is 472 g/mol. The topological polar surface area (TPSA) is 85.4 Å². The van der Waals surface area contributed by atoms with Crippen LogP contribution < -0.4 is 9.47 Å². The minimum Gasteiger partial charge on any atom is -0.493 e. The molecule has 1 N–H and O–H groups in total. The molecule has 4 rings (SSSR count). The number of hydrogen-bond donors (Lipinski definition) is 1. The van der Waals surface area contributed by atoms with E-state index in [1.165, 1.54) is 5.56 Å². The SMILES string of the molecule is CC(C)(C)c1ccc(OCCn2c(O)c(N=NC(=O)COc3ccccc3)c3ccccc32)cc1. The molecule has 4 aromatic rings. The summed E-state index contributed by atoms with van der Waals surface area (Å²) in [6.45, 7) is 7.01. The van der Waals surface area contributed by atoms with Crippen LogP contribution in [0.5, 0.6) is 17.4 Å². The molecule has 0 aliphatic carbocycles. The van der Waals surface area contributed by atoms with Gasteiger partial charge in [0.05, 0.1) is 12.1 Å². The first-order valence-corrected chi connectivity index (χ1v) is 11.5. The predicted molar refractivity (Wildman–Crippen MR) is 136 cm³/mol. The molecule has 35 heavy (non-hydrogen) atoms. The van der Waals surface area contributed by atoms with Crippen molar-refractivity contribution in [2.24, 2.45) is 10.2 Å². The van der Waals surface area contributed by atoms with Gasteiger partial charge in [-0.05, 0) is 41.3 Å². The standard InChI is InChI=1S/C28H29N3O4/c1-28(2,3)20-13-15-22(16-14-20)34-18-17-31-24-12-8-7-11-23(24)26(27(31)33)30-29-25(32)19-35-21-9-5-4-6-10-21/h4-16,33H,17-19H2,1-3H3. The van der Waals surface area contributed by atoms with E-state index in [1.54, 1.807) is 16.7 Å². The lowest BCUT2D eigenvalue weighted by atomic mass is 9.87. The molecule has 7 heteroatoms. The van der Waals surface area contributed by atoms with E-state index in [1.807, 2.05) is 54.6 Å². The molecule has 1 heterocycles. The number of fused-ring (bicyclic) bond motifs is 1. The summed E-state index contributed by atoms with van der Waals surface area (Å²) in [5.74, 6) is 0.715. The van der Waals surface area contributed by atoms with Crippen molar-refractivity contribution in [1.29, 1.82) is 0 Å². The first kappa shape index (κ1) is 24.0. The molecular weight excluding hydrogens is 442 g/mol. The molecule has 1 amide bonds. The number of carbonyl (C=O) groups is 1. The second-order valence-corrected chi connectivity index (χ2v) is 9.16. The van der Waals surface area contributed by atoms with Crippen molar-refractivity contribution in [1.82, 2.24) is 4.57 Å². The van der Waals surface area contributed by atoms with Gasteiger partial charge >= 0.3 is 5.91 Å². The largest absolute Gasteiger partial charge is 0.493 e. The second kappa shape index (κ2) is 10.4. The molecule has 0 spiro atoms. The Labute approximate surface area is 204 Å². The van der Waals surface area contributed by atoms with E-state index in [4.69, 9.17) is 9.47 Å². The van der Waals surface area contributed by atoms with Crippen LogP contribution in [0.2, 0.25) is 0 Å². The van der Waals surface area contributed by atoms with Gasteiger partial charge in [0.2, 0.25) is 5.88 Å². The minimum absolute atomic E-state index is 0.0709. The zero-order valence-electron chi connectivity index (χ0n) is 20.1. The number of aromatic hydroxyl groups is 1. The van der Waals surface area contributed by atoms with Gasteiger partial charge in [0, 0.05) is 5.39 Å². The van der Waals surface area contributed by atoms with Crippen molar-refractivity contribution in [3.05, 3.63) is 84.4 Å². The van der Waals surface area contributed by atoms with E-state index in [0.29, 0.717) is 24.3 Å². The summed E-state index contributed by atoms with van der Waals surface area (Å²) in [6.07, 6.45) is 0. The van der Waals surface area contributed by atoms with Gasteiger partial charge < -0.3 is 19.1 Å². The molecule has 0 unspecified atom stereocenters. The molecular formula is C28H29N3O4. The smallest absolute Gasteiger partial charge is 0.302 e. The molecule has 0 aliphatic rings. The maximum atomic E-state index is 12.2. The third-order valence-electron chi connectivity index (χ3n) is 5.59. The fourth-order valence-electron chi connectivity index (χ4n) is 3.70. The van der Waals surface area contributed by atoms with Crippen LogP contribution in [0.15, 0.2) is 89.1 Å². The molecule has 0 bridgehead atoms. The summed E-state index contributed by atoms with van der Waals surface area (Å²) >= 11 is 0. The molecule has 0 radical (unpaired) electrons. The van der Waals surface area contributed by atoms with Crippen LogP contribution in [-0.4, -0.2) is 28.8 Å². The lowest BCUT2D eigenvalue weighted by Crippen LogP contribution is -2.11. The van der Waals surface area contributed by atoms with Crippen LogP contribution in [0.25, 0.3) is 10.9 Å². The van der Waals surface area contributed by atoms with Crippen LogP contribution in [-0.2, 0) is 16.8 Å². The van der Waals surface area contributed by atoms with Crippen molar-refractivity contribution in [2.75, 3.05) is 13.2 Å². The average Bonchev–Trinajstić information content (AvgIpc) is 3.12. The number of benzene rings is 3. The van der Waals surface area contributed by atoms with Gasteiger partial charge in [-0.1, -0.05) is 69.3 Å². The summed E-state index contributed by atoms with van der Waals surface area (Å²) in [4.78, 5) is 12.2. The zero-order chi connectivity index (χ0) is 24.8. The van der Waals surface area contributed by atoms with Gasteiger partial charge in [0.15, 0.2) is 12.3 Å². The fraction of sp³-hybridized carbons (Fsp3) is 0.250. The monoisotopic (exact) mass is 471 g/mol. The third kappa shape index (κ3) is 5.87. The molecule has 0 atom stereocenters. The Balaban J connectivity index is 1.44. The normalized spacial score (nSPS) is 11.7. The summed E-state index contributed by atoms with van der Waals surface area (Å²) in [6, 6.07) is 24.5. The molecule has 0 saturated carbocycles. The van der Waals surface area contributed by atoms with Crippen LogP contribution in [0.4, 0.5) is 5.69 Å². The van der Waals surface area contributed by atoms with Crippen LogP contribution in [0.3, 0.4) is 0 Å². The van der Waals surface area contributed by atoms with Gasteiger partial charge in [0.25, 0.3) is 0 Å². The van der Waals surface area contributed by atoms with Gasteiger partial charge in [-0.3, -0.25) is 4.79 Å². The van der Waals surface area contributed by atoms with Crippen molar-refractivity contribution in [3.63, 3.8) is 0 Å². The number of carbonyl (C=O) groups excluding carboxylic acids is 1. The highest BCUT2D eigenvalue weighted by molar-refractivity contribution is 5.95. The summed E-state index contributed by atoms with van der Waals surface area (Å²) in [5.41, 5.74) is 2.33. The molecule has 0 aliphatic heterocycles. The Morgan fingerprint density at radius 3 is 2.26 bits per heavy atom. The van der Waals surface area contributed by atoms with Crippen LogP contribution >= 0.6 is 0 Å². The highest BCUT2D eigenvalue weighted by Gasteiger charge is 2.17. The number of ether oxygens (including phenoxy) is 2. The third-order valence-corrected chi connectivity index (χ3v) is 5.59. The maximum absolute atomic E-state index is 12.2. The Kier molecular flexibility index (Phi) is 7.15. The van der Waals surface area contributed by atoms with Gasteiger partial charge in [0.1, 0.15) is 18.1 Å². The highest BCUT2D eigenvalue weighted by Crippen LogP contribution is 2.38. The number of aromatic nitrogens is 1. The Hall–Kier alpha value is -4.13. The summed E-state index contributed by atoms with van der Waals surface area (Å²) in [7, 11) is 0. The molecule has 7 nitrogen and oxygen atoms in total. The highest BCUT2D eigenvalue weighted by atomic mass is 16.5. The van der Waals surface area contributed by atoms with E-state index in [-0.39, 0.29) is 23.6 Å². The number of nitrogens with zero attached hydrogens (tertiary/aromatic N) is 3. The molecule has 180 valence electrons. The van der Waals surface area contributed by atoms with Crippen LogP contribution in [0, 0.1) is 0 Å². The van der Waals surface area contributed by atoms with E-state index < -0.39 is 5.91 Å². The number of para-hydroxylation sites is 2. The van der Waals surface area contributed by atoms with Crippen molar-refractivity contribution < 1.29 is 19.4 Å². The first-order chi connectivity index (χ1) is 16.8. The second-order valence-electron chi connectivity index (χ2n) is 9.16. The number of rotatable bonds is 8. The van der Waals surface area contributed by atoms with E-state index in [9.17, 15) is 9.90 Å². The fourth-order valence-corrected chi connectivity index (χ4v) is 3.70. The zero-order valence-corrected chi connectivity index (χ0v) is 20.1. The first-order valence-electron chi connectivity index (χ1n) is 11.5. The van der Waals surface area contributed by atoms with Gasteiger partial charge in [-0.25, -0.2) is 0 Å².